The number of hydrogen-bond acceptors (Lipinski definition) is 2. The van der Waals surface area contributed by atoms with Gasteiger partial charge in [0.15, 0.2) is 0 Å². The lowest BCUT2D eigenvalue weighted by Gasteiger charge is -2.37. The van der Waals surface area contributed by atoms with Gasteiger partial charge in [-0.3, -0.25) is 0 Å². The van der Waals surface area contributed by atoms with Crippen LogP contribution in [-0.4, -0.2) is 19.1 Å². The van der Waals surface area contributed by atoms with Crippen molar-refractivity contribution in [1.29, 1.82) is 0 Å². The van der Waals surface area contributed by atoms with Crippen LogP contribution < -0.4 is 10.6 Å². The van der Waals surface area contributed by atoms with Crippen LogP contribution in [0.1, 0.15) is 51.5 Å². The van der Waals surface area contributed by atoms with Crippen molar-refractivity contribution in [3.05, 3.63) is 29.6 Å². The highest BCUT2D eigenvalue weighted by Crippen LogP contribution is 2.34. The first-order valence-corrected chi connectivity index (χ1v) is 8.28. The number of benzene rings is 1. The highest BCUT2D eigenvalue weighted by Gasteiger charge is 2.26. The summed E-state index contributed by atoms with van der Waals surface area (Å²) in [6, 6.07) is 5.87. The van der Waals surface area contributed by atoms with Crippen LogP contribution in [0.4, 0.5) is 10.1 Å². The largest absolute Gasteiger partial charge is 0.369 e. The zero-order valence-electron chi connectivity index (χ0n) is 13.6. The molecule has 1 aromatic rings. The molecule has 0 spiro atoms. The summed E-state index contributed by atoms with van der Waals surface area (Å²) < 4.78 is 14.4. The van der Waals surface area contributed by atoms with Crippen LogP contribution in [0, 0.1) is 11.7 Å². The van der Waals surface area contributed by atoms with E-state index >= 15 is 0 Å². The van der Waals surface area contributed by atoms with E-state index in [9.17, 15) is 4.39 Å². The monoisotopic (exact) mass is 292 g/mol. The highest BCUT2D eigenvalue weighted by atomic mass is 19.1. The molecule has 1 unspecified atom stereocenters. The van der Waals surface area contributed by atoms with Gasteiger partial charge in [0.2, 0.25) is 0 Å². The van der Waals surface area contributed by atoms with E-state index in [2.05, 4.69) is 11.8 Å². The Morgan fingerprint density at radius 2 is 1.95 bits per heavy atom. The van der Waals surface area contributed by atoms with Gasteiger partial charge in [-0.25, -0.2) is 4.39 Å². The lowest BCUT2D eigenvalue weighted by atomic mass is 9.83. The van der Waals surface area contributed by atoms with Gasteiger partial charge >= 0.3 is 0 Å². The van der Waals surface area contributed by atoms with E-state index in [1.54, 1.807) is 12.1 Å². The van der Waals surface area contributed by atoms with Crippen molar-refractivity contribution in [2.45, 2.75) is 64.5 Å². The van der Waals surface area contributed by atoms with Crippen LogP contribution in [0.5, 0.6) is 0 Å². The molecule has 0 heterocycles. The molecule has 0 bridgehead atoms. The Morgan fingerprint density at radius 1 is 1.29 bits per heavy atom. The maximum atomic E-state index is 14.4. The molecule has 0 saturated heterocycles. The van der Waals surface area contributed by atoms with Gasteiger partial charge in [0.25, 0.3) is 0 Å². The van der Waals surface area contributed by atoms with Crippen molar-refractivity contribution in [2.75, 3.05) is 11.9 Å². The maximum Gasteiger partial charge on any atom is 0.146 e. The van der Waals surface area contributed by atoms with E-state index in [1.807, 2.05) is 20.0 Å². The molecule has 1 atom stereocenters. The minimum absolute atomic E-state index is 0.0507. The Balaban J connectivity index is 2.16. The lowest BCUT2D eigenvalue weighted by Crippen LogP contribution is -2.36. The predicted octanol–water partition coefficient (Wildman–Crippen LogP) is 4.12. The SMILES string of the molecule is CCC1CCC(N(C)c2c(F)cccc2CC(C)N)CC1. The highest BCUT2D eigenvalue weighted by molar-refractivity contribution is 5.55. The van der Waals surface area contributed by atoms with Crippen molar-refractivity contribution in [2.24, 2.45) is 11.7 Å². The normalized spacial score (nSPS) is 23.9. The molecule has 1 saturated carbocycles. The molecule has 1 fully saturated rings. The van der Waals surface area contributed by atoms with Crippen molar-refractivity contribution in [3.8, 4) is 0 Å². The lowest BCUT2D eigenvalue weighted by molar-refractivity contribution is 0.312. The molecule has 3 heteroatoms. The second-order valence-corrected chi connectivity index (χ2v) is 6.62. The summed E-state index contributed by atoms with van der Waals surface area (Å²) in [5, 5.41) is 0. The molecule has 1 aliphatic rings. The van der Waals surface area contributed by atoms with E-state index in [-0.39, 0.29) is 11.9 Å². The van der Waals surface area contributed by atoms with E-state index < -0.39 is 0 Å². The first-order chi connectivity index (χ1) is 10.0. The Kier molecular flexibility index (Phi) is 5.63. The summed E-state index contributed by atoms with van der Waals surface area (Å²) in [6.45, 7) is 4.24. The Labute approximate surface area is 128 Å². The fourth-order valence-electron chi connectivity index (χ4n) is 3.59. The Morgan fingerprint density at radius 3 is 2.52 bits per heavy atom. The van der Waals surface area contributed by atoms with Gasteiger partial charge in [-0.05, 0) is 56.6 Å². The van der Waals surface area contributed by atoms with Crippen molar-refractivity contribution >= 4 is 5.69 Å². The zero-order valence-corrected chi connectivity index (χ0v) is 13.6. The summed E-state index contributed by atoms with van der Waals surface area (Å²) in [7, 11) is 2.04. The molecule has 21 heavy (non-hydrogen) atoms. The summed E-state index contributed by atoms with van der Waals surface area (Å²) in [4.78, 5) is 2.17. The van der Waals surface area contributed by atoms with Gasteiger partial charge in [0.05, 0.1) is 5.69 Å². The molecule has 2 N–H and O–H groups in total. The van der Waals surface area contributed by atoms with Crippen molar-refractivity contribution in [3.63, 3.8) is 0 Å². The number of nitrogens with zero attached hydrogens (tertiary/aromatic N) is 1. The first-order valence-electron chi connectivity index (χ1n) is 8.28. The van der Waals surface area contributed by atoms with Crippen LogP contribution in [0.2, 0.25) is 0 Å². The minimum Gasteiger partial charge on any atom is -0.369 e. The Bertz CT molecular complexity index is 451. The van der Waals surface area contributed by atoms with Crippen LogP contribution in [-0.2, 0) is 6.42 Å². The maximum absolute atomic E-state index is 14.4. The van der Waals surface area contributed by atoms with Gasteiger partial charge in [-0.15, -0.1) is 0 Å². The first kappa shape index (κ1) is 16.3. The average molecular weight is 292 g/mol. The van der Waals surface area contributed by atoms with Crippen LogP contribution in [0.15, 0.2) is 18.2 Å². The van der Waals surface area contributed by atoms with Crippen LogP contribution in [0.3, 0.4) is 0 Å². The molecule has 0 radical (unpaired) electrons. The van der Waals surface area contributed by atoms with Crippen LogP contribution >= 0.6 is 0 Å². The number of anilines is 1. The summed E-state index contributed by atoms with van der Waals surface area (Å²) in [6.07, 6.45) is 6.86. The second-order valence-electron chi connectivity index (χ2n) is 6.62. The summed E-state index contributed by atoms with van der Waals surface area (Å²) in [5.41, 5.74) is 7.71. The third kappa shape index (κ3) is 3.97. The fraction of sp³-hybridized carbons (Fsp3) is 0.667. The van der Waals surface area contributed by atoms with Gasteiger partial charge in [0.1, 0.15) is 5.82 Å². The molecule has 118 valence electrons. The minimum atomic E-state index is -0.117. The molecule has 2 nitrogen and oxygen atoms in total. The fourth-order valence-corrected chi connectivity index (χ4v) is 3.59. The summed E-state index contributed by atoms with van der Waals surface area (Å²) in [5.74, 6) is 0.743. The van der Waals surface area contributed by atoms with Gasteiger partial charge in [-0.2, -0.15) is 0 Å². The number of nitrogens with two attached hydrogens (primary N) is 1. The zero-order chi connectivity index (χ0) is 15.4. The molecular formula is C18H29FN2. The van der Waals surface area contributed by atoms with Crippen molar-refractivity contribution < 1.29 is 4.39 Å². The number of hydrogen-bond donors (Lipinski definition) is 1. The van der Waals surface area contributed by atoms with Crippen molar-refractivity contribution in [1.82, 2.24) is 0 Å². The number of para-hydroxylation sites is 1. The van der Waals surface area contributed by atoms with E-state index in [4.69, 9.17) is 5.73 Å². The number of rotatable bonds is 5. The van der Waals surface area contributed by atoms with Crippen LogP contribution in [0.25, 0.3) is 0 Å². The van der Waals surface area contributed by atoms with E-state index in [0.717, 1.165) is 23.6 Å². The topological polar surface area (TPSA) is 29.3 Å². The molecule has 2 rings (SSSR count). The molecule has 0 aromatic heterocycles. The smallest absolute Gasteiger partial charge is 0.146 e. The van der Waals surface area contributed by atoms with Gasteiger partial charge in [-0.1, -0.05) is 25.5 Å². The van der Waals surface area contributed by atoms with E-state index in [0.29, 0.717) is 6.04 Å². The summed E-state index contributed by atoms with van der Waals surface area (Å²) >= 11 is 0. The molecular weight excluding hydrogens is 263 g/mol. The standard InChI is InChI=1S/C18H29FN2/c1-4-14-8-10-16(11-9-14)21(3)18-15(12-13(2)20)6-5-7-17(18)19/h5-7,13-14,16H,4,8-12,20H2,1-3H3. The molecule has 0 aliphatic heterocycles. The quantitative estimate of drug-likeness (QED) is 0.884. The van der Waals surface area contributed by atoms with Gasteiger partial charge < -0.3 is 10.6 Å². The van der Waals surface area contributed by atoms with E-state index in [1.165, 1.54) is 32.1 Å². The second kappa shape index (κ2) is 7.26. The molecule has 1 aromatic carbocycles. The molecule has 0 amide bonds. The van der Waals surface area contributed by atoms with Gasteiger partial charge in [0, 0.05) is 19.1 Å². The predicted molar refractivity (Wildman–Crippen MR) is 88.2 cm³/mol. The third-order valence-corrected chi connectivity index (χ3v) is 4.91. The molecule has 1 aliphatic carbocycles. The Hall–Kier alpha value is -1.09. The third-order valence-electron chi connectivity index (χ3n) is 4.91. The number of halogens is 1. The average Bonchev–Trinajstić information content (AvgIpc) is 2.46.